The Morgan fingerprint density at radius 3 is 2.61 bits per heavy atom. The van der Waals surface area contributed by atoms with E-state index >= 15 is 0 Å². The van der Waals surface area contributed by atoms with Gasteiger partial charge in [0.15, 0.2) is 0 Å². The lowest BCUT2D eigenvalue weighted by atomic mass is 9.97. The lowest BCUT2D eigenvalue weighted by Crippen LogP contribution is -2.48. The van der Waals surface area contributed by atoms with Gasteiger partial charge in [0.2, 0.25) is 11.8 Å². The van der Waals surface area contributed by atoms with Gasteiger partial charge < -0.3 is 20.1 Å². The molecule has 2 aliphatic heterocycles. The number of amides is 1. The van der Waals surface area contributed by atoms with Gasteiger partial charge in [0.1, 0.15) is 17.6 Å². The lowest BCUT2D eigenvalue weighted by molar-refractivity contribution is -0.119. The number of nitrogens with two attached hydrogens (primary N) is 1. The van der Waals surface area contributed by atoms with Gasteiger partial charge in [0.05, 0.1) is 18.4 Å². The fraction of sp³-hybridized carbons (Fsp3) is 0.308. The SMILES string of the molecule is NC(=O)CN1CCN(c2ccc(Oc3ccc4c(c3)CCC(c3ccccc3)O4)nc2)CC1. The second-order valence-corrected chi connectivity index (χ2v) is 8.51. The van der Waals surface area contributed by atoms with E-state index < -0.39 is 0 Å². The van der Waals surface area contributed by atoms with Crippen molar-refractivity contribution in [3.05, 3.63) is 78.0 Å². The smallest absolute Gasteiger partial charge is 0.231 e. The molecule has 2 aromatic carbocycles. The first kappa shape index (κ1) is 21.3. The predicted molar refractivity (Wildman–Crippen MR) is 127 cm³/mol. The highest BCUT2D eigenvalue weighted by Gasteiger charge is 2.22. The molecule has 1 unspecified atom stereocenters. The van der Waals surface area contributed by atoms with E-state index in [-0.39, 0.29) is 12.0 Å². The Bertz CT molecular complexity index is 1100. The maximum Gasteiger partial charge on any atom is 0.231 e. The molecule has 170 valence electrons. The number of ether oxygens (including phenoxy) is 2. The molecule has 0 radical (unpaired) electrons. The van der Waals surface area contributed by atoms with Crippen LogP contribution in [0.1, 0.15) is 23.7 Å². The van der Waals surface area contributed by atoms with Gasteiger partial charge in [-0.25, -0.2) is 4.98 Å². The normalized spacial score (nSPS) is 18.3. The fourth-order valence-corrected chi connectivity index (χ4v) is 4.46. The monoisotopic (exact) mass is 444 g/mol. The van der Waals surface area contributed by atoms with Crippen molar-refractivity contribution >= 4 is 11.6 Å². The molecule has 7 heteroatoms. The Morgan fingerprint density at radius 1 is 1.06 bits per heavy atom. The lowest BCUT2D eigenvalue weighted by Gasteiger charge is -2.35. The van der Waals surface area contributed by atoms with Crippen molar-refractivity contribution in [1.29, 1.82) is 0 Å². The summed E-state index contributed by atoms with van der Waals surface area (Å²) in [7, 11) is 0. The number of pyridine rings is 1. The summed E-state index contributed by atoms with van der Waals surface area (Å²) in [6, 6.07) is 20.2. The topological polar surface area (TPSA) is 80.9 Å². The molecule has 0 bridgehead atoms. The number of nitrogens with zero attached hydrogens (tertiary/aromatic N) is 3. The maximum absolute atomic E-state index is 11.1. The van der Waals surface area contributed by atoms with Gasteiger partial charge in [-0.15, -0.1) is 0 Å². The van der Waals surface area contributed by atoms with Crippen molar-refractivity contribution in [3.8, 4) is 17.4 Å². The molecule has 33 heavy (non-hydrogen) atoms. The number of piperazine rings is 1. The largest absolute Gasteiger partial charge is 0.485 e. The first-order valence-electron chi connectivity index (χ1n) is 11.4. The number of aryl methyl sites for hydroxylation is 1. The molecule has 0 aliphatic carbocycles. The number of benzene rings is 2. The standard InChI is InChI=1S/C26H28N4O3/c27-25(31)18-29-12-14-30(15-13-29)21-7-11-26(28-17-21)32-22-8-10-24-20(16-22)6-9-23(33-24)19-4-2-1-3-5-19/h1-5,7-8,10-11,16-17,23H,6,9,12-15,18H2,(H2,27,31). The third-order valence-corrected chi connectivity index (χ3v) is 6.21. The molecule has 1 atom stereocenters. The first-order valence-corrected chi connectivity index (χ1v) is 11.4. The molecule has 1 aromatic heterocycles. The Labute approximate surface area is 193 Å². The number of fused-ring (bicyclic) bond motifs is 1. The zero-order chi connectivity index (χ0) is 22.6. The number of aromatic nitrogens is 1. The molecule has 1 saturated heterocycles. The second kappa shape index (κ2) is 9.50. The van der Waals surface area contributed by atoms with Crippen molar-refractivity contribution < 1.29 is 14.3 Å². The van der Waals surface area contributed by atoms with Crippen LogP contribution in [0.2, 0.25) is 0 Å². The molecule has 0 saturated carbocycles. The highest BCUT2D eigenvalue weighted by molar-refractivity contribution is 5.76. The molecule has 2 aliphatic rings. The minimum atomic E-state index is -0.281. The van der Waals surface area contributed by atoms with Crippen molar-refractivity contribution in [2.75, 3.05) is 37.6 Å². The molecule has 7 nitrogen and oxygen atoms in total. The summed E-state index contributed by atoms with van der Waals surface area (Å²) >= 11 is 0. The third kappa shape index (κ3) is 5.09. The van der Waals surface area contributed by atoms with Crippen LogP contribution in [0.15, 0.2) is 66.9 Å². The van der Waals surface area contributed by atoms with Gasteiger partial charge in [0, 0.05) is 32.2 Å². The first-order chi connectivity index (χ1) is 16.1. The number of rotatable bonds is 6. The van der Waals surface area contributed by atoms with E-state index in [2.05, 4.69) is 26.9 Å². The van der Waals surface area contributed by atoms with Crippen molar-refractivity contribution in [1.82, 2.24) is 9.88 Å². The van der Waals surface area contributed by atoms with E-state index in [4.69, 9.17) is 15.2 Å². The number of anilines is 1. The van der Waals surface area contributed by atoms with Gasteiger partial charge in [0.25, 0.3) is 0 Å². The van der Waals surface area contributed by atoms with Crippen molar-refractivity contribution in [2.45, 2.75) is 18.9 Å². The Kier molecular flexibility index (Phi) is 6.13. The second-order valence-electron chi connectivity index (χ2n) is 8.51. The average Bonchev–Trinajstić information content (AvgIpc) is 2.85. The summed E-state index contributed by atoms with van der Waals surface area (Å²) in [6.07, 6.45) is 3.82. The van der Waals surface area contributed by atoms with Crippen LogP contribution in [0.25, 0.3) is 0 Å². The van der Waals surface area contributed by atoms with E-state index in [0.29, 0.717) is 12.4 Å². The molecule has 2 N–H and O–H groups in total. The van der Waals surface area contributed by atoms with Crippen LogP contribution in [-0.2, 0) is 11.2 Å². The van der Waals surface area contributed by atoms with Gasteiger partial charge >= 0.3 is 0 Å². The minimum Gasteiger partial charge on any atom is -0.485 e. The number of hydrogen-bond donors (Lipinski definition) is 1. The third-order valence-electron chi connectivity index (χ3n) is 6.21. The van der Waals surface area contributed by atoms with Crippen LogP contribution in [0.5, 0.6) is 17.4 Å². The van der Waals surface area contributed by atoms with Crippen LogP contribution < -0.4 is 20.1 Å². The average molecular weight is 445 g/mol. The van der Waals surface area contributed by atoms with Crippen molar-refractivity contribution in [3.63, 3.8) is 0 Å². The summed E-state index contributed by atoms with van der Waals surface area (Å²) in [4.78, 5) is 19.9. The van der Waals surface area contributed by atoms with E-state index in [9.17, 15) is 4.79 Å². The Morgan fingerprint density at radius 2 is 1.88 bits per heavy atom. The Balaban J connectivity index is 1.19. The van der Waals surface area contributed by atoms with Gasteiger partial charge in [-0.05, 0) is 48.2 Å². The van der Waals surface area contributed by atoms with Gasteiger partial charge in [-0.3, -0.25) is 9.69 Å². The fourth-order valence-electron chi connectivity index (χ4n) is 4.46. The summed E-state index contributed by atoms with van der Waals surface area (Å²) < 4.78 is 12.2. The molecule has 3 aromatic rings. The molecule has 5 rings (SSSR count). The zero-order valence-electron chi connectivity index (χ0n) is 18.5. The number of primary amides is 1. The predicted octanol–water partition coefficient (Wildman–Crippen LogP) is 3.55. The number of carbonyl (C=O) groups excluding carboxylic acids is 1. The maximum atomic E-state index is 11.1. The van der Waals surface area contributed by atoms with Crippen LogP contribution in [0.3, 0.4) is 0 Å². The highest BCUT2D eigenvalue weighted by atomic mass is 16.5. The van der Waals surface area contributed by atoms with E-state index in [1.54, 1.807) is 0 Å². The Hall–Kier alpha value is -3.58. The van der Waals surface area contributed by atoms with Crippen LogP contribution in [0.4, 0.5) is 5.69 Å². The molecular weight excluding hydrogens is 416 g/mol. The summed E-state index contributed by atoms with van der Waals surface area (Å²) in [6.45, 7) is 3.61. The van der Waals surface area contributed by atoms with Gasteiger partial charge in [-0.2, -0.15) is 0 Å². The highest BCUT2D eigenvalue weighted by Crippen LogP contribution is 2.37. The number of hydrogen-bond acceptors (Lipinski definition) is 6. The number of carbonyl (C=O) groups is 1. The summed E-state index contributed by atoms with van der Waals surface area (Å²) in [5, 5.41) is 0. The summed E-state index contributed by atoms with van der Waals surface area (Å²) in [5.74, 6) is 1.96. The molecule has 0 spiro atoms. The van der Waals surface area contributed by atoms with E-state index in [1.807, 2.05) is 54.7 Å². The van der Waals surface area contributed by atoms with E-state index in [0.717, 1.165) is 61.8 Å². The van der Waals surface area contributed by atoms with Crippen LogP contribution in [-0.4, -0.2) is 48.5 Å². The molecule has 1 fully saturated rings. The molecule has 3 heterocycles. The molecular formula is C26H28N4O3. The summed E-state index contributed by atoms with van der Waals surface area (Å²) in [5.41, 5.74) is 8.71. The quantitative estimate of drug-likeness (QED) is 0.626. The van der Waals surface area contributed by atoms with Crippen molar-refractivity contribution in [2.24, 2.45) is 5.73 Å². The van der Waals surface area contributed by atoms with Crippen LogP contribution in [0, 0.1) is 0 Å². The molecule has 1 amide bonds. The van der Waals surface area contributed by atoms with Gasteiger partial charge in [-0.1, -0.05) is 30.3 Å². The minimum absolute atomic E-state index is 0.0948. The zero-order valence-corrected chi connectivity index (χ0v) is 18.5. The van der Waals surface area contributed by atoms with E-state index in [1.165, 1.54) is 5.56 Å². The van der Waals surface area contributed by atoms with Crippen LogP contribution >= 0.6 is 0 Å².